The number of hydrogen-bond acceptors (Lipinski definition) is 3. The number of benzene rings is 2. The van der Waals surface area contributed by atoms with Crippen LogP contribution in [0.25, 0.3) is 0 Å². The normalized spacial score (nSPS) is 18.3. The summed E-state index contributed by atoms with van der Waals surface area (Å²) >= 11 is 0. The molecular weight excluding hydrogens is 294 g/mol. The molecule has 128 valence electrons. The minimum Gasteiger partial charge on any atom is -0.330 e. The van der Waals surface area contributed by atoms with E-state index in [1.807, 2.05) is 0 Å². The van der Waals surface area contributed by atoms with Crippen LogP contribution in [0.15, 0.2) is 60.7 Å². The Morgan fingerprint density at radius 2 is 1.62 bits per heavy atom. The second-order valence-corrected chi connectivity index (χ2v) is 6.76. The van der Waals surface area contributed by atoms with E-state index in [4.69, 9.17) is 5.73 Å². The minimum atomic E-state index is 0.639. The van der Waals surface area contributed by atoms with E-state index in [0.717, 1.165) is 39.1 Å². The summed E-state index contributed by atoms with van der Waals surface area (Å²) < 4.78 is 0. The van der Waals surface area contributed by atoms with Gasteiger partial charge in [0.15, 0.2) is 0 Å². The Bertz CT molecular complexity index is 585. The molecule has 24 heavy (non-hydrogen) atoms. The highest BCUT2D eigenvalue weighted by Gasteiger charge is 2.27. The summed E-state index contributed by atoms with van der Waals surface area (Å²) in [6.45, 7) is 6.30. The lowest BCUT2D eigenvalue weighted by Gasteiger charge is -2.29. The molecule has 2 N–H and O–H groups in total. The third-order valence-corrected chi connectivity index (χ3v) is 4.89. The van der Waals surface area contributed by atoms with E-state index < -0.39 is 0 Å². The van der Waals surface area contributed by atoms with Crippen molar-refractivity contribution in [3.8, 4) is 0 Å². The molecular formula is C21H29N3. The van der Waals surface area contributed by atoms with Crippen LogP contribution < -0.4 is 5.73 Å². The molecule has 1 fully saturated rings. The van der Waals surface area contributed by atoms with Gasteiger partial charge in [0.1, 0.15) is 0 Å². The summed E-state index contributed by atoms with van der Waals surface area (Å²) in [5.41, 5.74) is 8.57. The van der Waals surface area contributed by atoms with Gasteiger partial charge in [-0.3, -0.25) is 9.80 Å². The fourth-order valence-electron chi connectivity index (χ4n) is 3.60. The van der Waals surface area contributed by atoms with Crippen LogP contribution >= 0.6 is 0 Å². The van der Waals surface area contributed by atoms with Crippen LogP contribution in [0.3, 0.4) is 0 Å². The van der Waals surface area contributed by atoms with Crippen molar-refractivity contribution in [1.29, 1.82) is 0 Å². The van der Waals surface area contributed by atoms with Crippen molar-refractivity contribution in [3.63, 3.8) is 0 Å². The Balaban J connectivity index is 1.59. The van der Waals surface area contributed by atoms with Crippen LogP contribution in [0.2, 0.25) is 0 Å². The van der Waals surface area contributed by atoms with Gasteiger partial charge in [-0.1, -0.05) is 60.7 Å². The highest BCUT2D eigenvalue weighted by molar-refractivity contribution is 5.16. The summed E-state index contributed by atoms with van der Waals surface area (Å²) in [5.74, 6) is 0. The quantitative estimate of drug-likeness (QED) is 0.810. The molecule has 2 aromatic carbocycles. The molecule has 1 aliphatic rings. The predicted molar refractivity (Wildman–Crippen MR) is 101 cm³/mol. The molecule has 0 aromatic heterocycles. The molecule has 1 unspecified atom stereocenters. The molecule has 0 radical (unpaired) electrons. The molecule has 0 aliphatic carbocycles. The monoisotopic (exact) mass is 323 g/mol. The van der Waals surface area contributed by atoms with Crippen LogP contribution in [0, 0.1) is 0 Å². The molecule has 1 heterocycles. The summed E-state index contributed by atoms with van der Waals surface area (Å²) in [4.78, 5) is 5.22. The van der Waals surface area contributed by atoms with Gasteiger partial charge in [-0.2, -0.15) is 0 Å². The number of nitrogens with zero attached hydrogens (tertiary/aromatic N) is 2. The SMILES string of the molecule is NCCCN(Cc1ccccc1)C1CCN(Cc2ccccc2)C1. The molecule has 1 saturated heterocycles. The maximum atomic E-state index is 5.76. The molecule has 1 aliphatic heterocycles. The van der Waals surface area contributed by atoms with Crippen LogP contribution in [-0.4, -0.2) is 42.0 Å². The van der Waals surface area contributed by atoms with E-state index in [0.29, 0.717) is 6.04 Å². The Hall–Kier alpha value is -1.68. The topological polar surface area (TPSA) is 32.5 Å². The van der Waals surface area contributed by atoms with Crippen molar-refractivity contribution in [2.45, 2.75) is 32.0 Å². The predicted octanol–water partition coefficient (Wildman–Crippen LogP) is 3.11. The number of nitrogens with two attached hydrogens (primary N) is 1. The Kier molecular flexibility index (Phi) is 6.41. The van der Waals surface area contributed by atoms with Gasteiger partial charge < -0.3 is 5.73 Å². The second kappa shape index (κ2) is 8.97. The number of likely N-dealkylation sites (tertiary alicyclic amines) is 1. The van der Waals surface area contributed by atoms with Crippen LogP contribution in [0.1, 0.15) is 24.0 Å². The van der Waals surface area contributed by atoms with Crippen LogP contribution in [0.4, 0.5) is 0 Å². The smallest absolute Gasteiger partial charge is 0.0239 e. The molecule has 2 aromatic rings. The maximum Gasteiger partial charge on any atom is 0.0239 e. The molecule has 1 atom stereocenters. The first-order valence-corrected chi connectivity index (χ1v) is 9.09. The van der Waals surface area contributed by atoms with E-state index in [9.17, 15) is 0 Å². The fraction of sp³-hybridized carbons (Fsp3) is 0.429. The first-order chi connectivity index (χ1) is 11.8. The van der Waals surface area contributed by atoms with Gasteiger partial charge in [-0.25, -0.2) is 0 Å². The zero-order chi connectivity index (χ0) is 16.6. The Morgan fingerprint density at radius 3 is 2.29 bits per heavy atom. The first kappa shape index (κ1) is 17.2. The standard InChI is InChI=1S/C21H29N3/c22-13-7-14-24(17-20-10-5-2-6-11-20)21-12-15-23(18-21)16-19-8-3-1-4-9-19/h1-6,8-11,21H,7,12-18,22H2. The average Bonchev–Trinajstić information content (AvgIpc) is 3.09. The van der Waals surface area contributed by atoms with Crippen molar-refractivity contribution in [1.82, 2.24) is 9.80 Å². The van der Waals surface area contributed by atoms with Gasteiger partial charge in [0.05, 0.1) is 0 Å². The molecule has 3 rings (SSSR count). The average molecular weight is 323 g/mol. The van der Waals surface area contributed by atoms with Gasteiger partial charge in [-0.15, -0.1) is 0 Å². The van der Waals surface area contributed by atoms with E-state index >= 15 is 0 Å². The Morgan fingerprint density at radius 1 is 0.958 bits per heavy atom. The molecule has 3 heteroatoms. The third kappa shape index (κ3) is 4.91. The van der Waals surface area contributed by atoms with E-state index in [-0.39, 0.29) is 0 Å². The fourth-order valence-corrected chi connectivity index (χ4v) is 3.60. The lowest BCUT2D eigenvalue weighted by Crippen LogP contribution is -2.38. The molecule has 0 saturated carbocycles. The van der Waals surface area contributed by atoms with E-state index in [2.05, 4.69) is 70.5 Å². The van der Waals surface area contributed by atoms with Gasteiger partial charge in [0.25, 0.3) is 0 Å². The summed E-state index contributed by atoms with van der Waals surface area (Å²) in [6.07, 6.45) is 2.33. The first-order valence-electron chi connectivity index (χ1n) is 9.09. The lowest BCUT2D eigenvalue weighted by molar-refractivity contribution is 0.181. The van der Waals surface area contributed by atoms with Crippen LogP contribution in [-0.2, 0) is 13.1 Å². The highest BCUT2D eigenvalue weighted by atomic mass is 15.2. The van der Waals surface area contributed by atoms with Crippen molar-refractivity contribution in [2.75, 3.05) is 26.2 Å². The van der Waals surface area contributed by atoms with Gasteiger partial charge in [0.2, 0.25) is 0 Å². The summed E-state index contributed by atoms with van der Waals surface area (Å²) in [5, 5.41) is 0. The van der Waals surface area contributed by atoms with Gasteiger partial charge in [-0.05, 0) is 30.5 Å². The highest BCUT2D eigenvalue weighted by Crippen LogP contribution is 2.20. The van der Waals surface area contributed by atoms with Crippen molar-refractivity contribution >= 4 is 0 Å². The van der Waals surface area contributed by atoms with E-state index in [1.165, 1.54) is 24.1 Å². The number of rotatable bonds is 8. The molecule has 0 spiro atoms. The van der Waals surface area contributed by atoms with Crippen molar-refractivity contribution in [3.05, 3.63) is 71.8 Å². The zero-order valence-corrected chi connectivity index (χ0v) is 14.5. The van der Waals surface area contributed by atoms with Crippen molar-refractivity contribution < 1.29 is 0 Å². The Labute approximate surface area is 146 Å². The van der Waals surface area contributed by atoms with E-state index in [1.54, 1.807) is 0 Å². The van der Waals surface area contributed by atoms with Gasteiger partial charge >= 0.3 is 0 Å². The molecule has 0 amide bonds. The van der Waals surface area contributed by atoms with Gasteiger partial charge in [0, 0.05) is 38.8 Å². The summed E-state index contributed by atoms with van der Waals surface area (Å²) in [7, 11) is 0. The third-order valence-electron chi connectivity index (χ3n) is 4.89. The minimum absolute atomic E-state index is 0.639. The number of hydrogen-bond donors (Lipinski definition) is 1. The van der Waals surface area contributed by atoms with Crippen LogP contribution in [0.5, 0.6) is 0 Å². The molecule has 0 bridgehead atoms. The zero-order valence-electron chi connectivity index (χ0n) is 14.5. The maximum absolute atomic E-state index is 5.76. The second-order valence-electron chi connectivity index (χ2n) is 6.76. The largest absolute Gasteiger partial charge is 0.330 e. The summed E-state index contributed by atoms with van der Waals surface area (Å²) in [6, 6.07) is 22.2. The molecule has 3 nitrogen and oxygen atoms in total. The lowest BCUT2D eigenvalue weighted by atomic mass is 10.1. The van der Waals surface area contributed by atoms with Crippen molar-refractivity contribution in [2.24, 2.45) is 5.73 Å².